The number of H-pyrrole nitrogens is 1. The minimum atomic E-state index is -2.08. The minimum Gasteiger partial charge on any atom is -0.479 e. The predicted molar refractivity (Wildman–Crippen MR) is 136 cm³/mol. The Morgan fingerprint density at radius 3 is 2.35 bits per heavy atom. The van der Waals surface area contributed by atoms with E-state index in [4.69, 9.17) is 14.8 Å². The van der Waals surface area contributed by atoms with Gasteiger partial charge in [-0.2, -0.15) is 0 Å². The number of benzene rings is 3. The van der Waals surface area contributed by atoms with Gasteiger partial charge in [0.2, 0.25) is 5.67 Å². The molecule has 0 saturated carbocycles. The first kappa shape index (κ1) is 25.1. The van der Waals surface area contributed by atoms with Gasteiger partial charge in [-0.3, -0.25) is 0 Å². The van der Waals surface area contributed by atoms with Gasteiger partial charge in [0.15, 0.2) is 0 Å². The zero-order valence-electron chi connectivity index (χ0n) is 19.3. The molecule has 8 heteroatoms. The SMILES string of the molecule is CC(C)(F)C(=O)O.CCSNc1ccc2nc(Cc3ccc(Oc4ccccc4)cc3)[nH]c2c1. The fourth-order valence-electron chi connectivity index (χ4n) is 2.86. The summed E-state index contributed by atoms with van der Waals surface area (Å²) in [6, 6.07) is 24.2. The van der Waals surface area contributed by atoms with Crippen LogP contribution < -0.4 is 9.46 Å². The van der Waals surface area contributed by atoms with Crippen molar-refractivity contribution in [3.05, 3.63) is 84.2 Å². The van der Waals surface area contributed by atoms with Crippen LogP contribution in [0.5, 0.6) is 11.5 Å². The summed E-state index contributed by atoms with van der Waals surface area (Å²) >= 11 is 1.68. The van der Waals surface area contributed by atoms with Crippen molar-refractivity contribution in [3.8, 4) is 11.5 Å². The molecule has 0 amide bonds. The van der Waals surface area contributed by atoms with Gasteiger partial charge in [-0.25, -0.2) is 14.2 Å². The molecule has 0 spiro atoms. The molecule has 178 valence electrons. The second-order valence-electron chi connectivity index (χ2n) is 7.96. The van der Waals surface area contributed by atoms with Crippen LogP contribution in [0.15, 0.2) is 72.8 Å². The maximum atomic E-state index is 11.9. The molecule has 0 fully saturated rings. The standard InChI is InChI=1S/C22H21N3OS.C4H7FO2/c1-2-27-25-17-10-13-20-21(15-17)24-22(23-20)14-16-8-11-19(12-9-16)26-18-6-4-3-5-7-18;1-4(2,5)3(6)7/h3-13,15,25H,2,14H2,1H3,(H,23,24);1-2H3,(H,6,7). The van der Waals surface area contributed by atoms with Gasteiger partial charge >= 0.3 is 5.97 Å². The predicted octanol–water partition coefficient (Wildman–Crippen LogP) is 6.85. The van der Waals surface area contributed by atoms with Gasteiger partial charge in [0.1, 0.15) is 17.3 Å². The summed E-state index contributed by atoms with van der Waals surface area (Å²) in [6.07, 6.45) is 0.757. The van der Waals surface area contributed by atoms with E-state index in [-0.39, 0.29) is 0 Å². The summed E-state index contributed by atoms with van der Waals surface area (Å²) in [5, 5.41) is 7.88. The number of ether oxygens (including phenoxy) is 1. The number of aromatic nitrogens is 2. The summed E-state index contributed by atoms with van der Waals surface area (Å²) in [6.45, 7) is 4.12. The van der Waals surface area contributed by atoms with Gasteiger partial charge in [0.25, 0.3) is 0 Å². The van der Waals surface area contributed by atoms with E-state index in [2.05, 4.69) is 40.9 Å². The topological polar surface area (TPSA) is 87.2 Å². The molecule has 0 saturated heterocycles. The maximum absolute atomic E-state index is 11.9. The lowest BCUT2D eigenvalue weighted by Crippen LogP contribution is -2.24. The number of anilines is 1. The number of imidazole rings is 1. The van der Waals surface area contributed by atoms with E-state index < -0.39 is 11.6 Å². The molecule has 4 rings (SSSR count). The number of fused-ring (bicyclic) bond motifs is 1. The number of aliphatic carboxylic acids is 1. The first-order chi connectivity index (χ1) is 16.2. The van der Waals surface area contributed by atoms with E-state index in [0.717, 1.165) is 60.1 Å². The van der Waals surface area contributed by atoms with E-state index in [0.29, 0.717) is 0 Å². The van der Waals surface area contributed by atoms with Gasteiger partial charge in [0.05, 0.1) is 11.0 Å². The third-order valence-electron chi connectivity index (χ3n) is 4.65. The summed E-state index contributed by atoms with van der Waals surface area (Å²) in [5.41, 5.74) is 2.23. The van der Waals surface area contributed by atoms with Crippen LogP contribution in [0.25, 0.3) is 11.0 Å². The lowest BCUT2D eigenvalue weighted by atomic mass is 10.1. The molecular weight excluding hydrogens is 453 g/mol. The van der Waals surface area contributed by atoms with Gasteiger partial charge in [-0.05, 0) is 61.9 Å². The van der Waals surface area contributed by atoms with Gasteiger partial charge in [-0.15, -0.1) is 0 Å². The number of rotatable bonds is 8. The average Bonchev–Trinajstić information content (AvgIpc) is 3.21. The largest absolute Gasteiger partial charge is 0.479 e. The van der Waals surface area contributed by atoms with E-state index in [1.54, 1.807) is 11.9 Å². The lowest BCUT2D eigenvalue weighted by molar-refractivity contribution is -0.148. The van der Waals surface area contributed by atoms with Crippen LogP contribution in [-0.4, -0.2) is 32.5 Å². The molecular formula is C26H28FN3O3S. The van der Waals surface area contributed by atoms with Crippen molar-refractivity contribution in [1.82, 2.24) is 9.97 Å². The van der Waals surface area contributed by atoms with Crippen LogP contribution in [0.1, 0.15) is 32.2 Å². The number of carboxylic acid groups (broad SMARTS) is 1. The highest BCUT2D eigenvalue weighted by Gasteiger charge is 2.24. The minimum absolute atomic E-state index is 0.757. The molecule has 0 atom stereocenters. The highest BCUT2D eigenvalue weighted by molar-refractivity contribution is 8.00. The molecule has 0 aliphatic rings. The third-order valence-corrected chi connectivity index (χ3v) is 5.32. The number of nitrogens with one attached hydrogen (secondary N) is 2. The number of nitrogens with zero attached hydrogens (tertiary/aromatic N) is 1. The van der Waals surface area contributed by atoms with E-state index in [1.165, 1.54) is 5.56 Å². The van der Waals surface area contributed by atoms with E-state index in [9.17, 15) is 9.18 Å². The zero-order valence-corrected chi connectivity index (χ0v) is 20.2. The number of hydrogen-bond donors (Lipinski definition) is 3. The van der Waals surface area contributed by atoms with Crippen molar-refractivity contribution in [2.75, 3.05) is 10.5 Å². The smallest absolute Gasteiger partial charge is 0.340 e. The first-order valence-electron chi connectivity index (χ1n) is 10.8. The number of halogens is 1. The molecule has 0 radical (unpaired) electrons. The van der Waals surface area contributed by atoms with Crippen molar-refractivity contribution < 1.29 is 19.0 Å². The van der Waals surface area contributed by atoms with Crippen LogP contribution in [0.4, 0.5) is 10.1 Å². The van der Waals surface area contributed by atoms with Crippen molar-refractivity contribution >= 4 is 34.6 Å². The summed E-state index contributed by atoms with van der Waals surface area (Å²) in [4.78, 5) is 17.8. The Balaban J connectivity index is 0.000000406. The molecule has 0 aliphatic carbocycles. The van der Waals surface area contributed by atoms with E-state index in [1.807, 2.05) is 48.5 Å². The van der Waals surface area contributed by atoms with Crippen molar-refractivity contribution in [1.29, 1.82) is 0 Å². The van der Waals surface area contributed by atoms with Crippen LogP contribution in [0.3, 0.4) is 0 Å². The van der Waals surface area contributed by atoms with Crippen LogP contribution in [0.2, 0.25) is 0 Å². The summed E-state index contributed by atoms with van der Waals surface area (Å²) in [5.74, 6) is 2.23. The van der Waals surface area contributed by atoms with Gasteiger partial charge in [0, 0.05) is 17.9 Å². The van der Waals surface area contributed by atoms with Crippen LogP contribution in [0, 0.1) is 0 Å². The zero-order chi connectivity index (χ0) is 24.6. The van der Waals surface area contributed by atoms with Gasteiger partial charge in [-0.1, -0.05) is 49.2 Å². The second-order valence-corrected chi connectivity index (χ2v) is 9.03. The van der Waals surface area contributed by atoms with Crippen LogP contribution >= 0.6 is 11.9 Å². The second kappa shape index (κ2) is 11.6. The van der Waals surface area contributed by atoms with E-state index >= 15 is 0 Å². The molecule has 4 aromatic rings. The highest BCUT2D eigenvalue weighted by Crippen LogP contribution is 2.23. The fraction of sp³-hybridized carbons (Fsp3) is 0.231. The molecule has 34 heavy (non-hydrogen) atoms. The molecule has 3 aromatic carbocycles. The summed E-state index contributed by atoms with van der Waals surface area (Å²) < 4.78 is 21.1. The molecule has 6 nitrogen and oxygen atoms in total. The Morgan fingerprint density at radius 2 is 1.74 bits per heavy atom. The average molecular weight is 482 g/mol. The van der Waals surface area contributed by atoms with Gasteiger partial charge < -0.3 is 19.5 Å². The summed E-state index contributed by atoms with van der Waals surface area (Å²) in [7, 11) is 0. The Bertz CT molecular complexity index is 1210. The highest BCUT2D eigenvalue weighted by atomic mass is 32.2. The number of aromatic amines is 1. The lowest BCUT2D eigenvalue weighted by Gasteiger charge is -2.06. The van der Waals surface area contributed by atoms with Crippen molar-refractivity contribution in [2.24, 2.45) is 0 Å². The molecule has 1 heterocycles. The van der Waals surface area contributed by atoms with Crippen molar-refractivity contribution in [2.45, 2.75) is 32.9 Å². The quantitative estimate of drug-likeness (QED) is 0.239. The molecule has 0 bridgehead atoms. The Morgan fingerprint density at radius 1 is 1.09 bits per heavy atom. The Kier molecular flexibility index (Phi) is 8.54. The normalized spacial score (nSPS) is 10.9. The molecule has 1 aromatic heterocycles. The molecule has 0 unspecified atom stereocenters. The maximum Gasteiger partial charge on any atom is 0.340 e. The monoisotopic (exact) mass is 481 g/mol. The number of para-hydroxylation sites is 1. The number of carboxylic acids is 1. The Hall–Kier alpha value is -3.52. The van der Waals surface area contributed by atoms with Crippen molar-refractivity contribution in [3.63, 3.8) is 0 Å². The molecule has 0 aliphatic heterocycles. The number of carbonyl (C=O) groups is 1. The fourth-order valence-corrected chi connectivity index (χ4v) is 3.30. The number of hydrogen-bond acceptors (Lipinski definition) is 5. The third kappa shape index (κ3) is 7.52. The number of alkyl halides is 1. The first-order valence-corrected chi connectivity index (χ1v) is 11.8. The Labute approximate surface area is 202 Å². The van der Waals surface area contributed by atoms with Crippen LogP contribution in [-0.2, 0) is 11.2 Å². The molecule has 3 N–H and O–H groups in total.